The zero-order valence-electron chi connectivity index (χ0n) is 52.7. The molecule has 0 aromatic carbocycles. The molecule has 0 rings (SSSR count). The molecule has 0 saturated heterocycles. The van der Waals surface area contributed by atoms with Crippen molar-refractivity contribution >= 4 is 23.2 Å². The molecule has 440 valence electrons. The molecule has 5 heteroatoms. The molecule has 0 N–H and O–H groups in total. The molecular formula is C68H136Cl2O3. The van der Waals surface area contributed by atoms with Crippen LogP contribution < -0.4 is 0 Å². The van der Waals surface area contributed by atoms with Crippen LogP contribution in [0.3, 0.4) is 0 Å². The van der Waals surface area contributed by atoms with Gasteiger partial charge in [0.15, 0.2) is 12.6 Å². The highest BCUT2D eigenvalue weighted by atomic mass is 35.5. The maximum atomic E-state index is 6.92. The van der Waals surface area contributed by atoms with Gasteiger partial charge in [0.2, 0.25) is 0 Å². The summed E-state index contributed by atoms with van der Waals surface area (Å²) in [7, 11) is 0. The van der Waals surface area contributed by atoms with E-state index in [2.05, 4.69) is 111 Å². The summed E-state index contributed by atoms with van der Waals surface area (Å²) in [4.78, 5) is 0. The first-order valence-electron chi connectivity index (χ1n) is 32.8. The minimum atomic E-state index is -0.172. The van der Waals surface area contributed by atoms with Crippen molar-refractivity contribution in [3.63, 3.8) is 0 Å². The number of hydrogen-bond acceptors (Lipinski definition) is 3. The van der Waals surface area contributed by atoms with Crippen molar-refractivity contribution in [2.45, 2.75) is 329 Å². The Morgan fingerprint density at radius 1 is 0.247 bits per heavy atom. The minimum absolute atomic E-state index is 0.172. The van der Waals surface area contributed by atoms with Crippen LogP contribution in [0.15, 0.2) is 0 Å². The van der Waals surface area contributed by atoms with Crippen molar-refractivity contribution < 1.29 is 14.2 Å². The van der Waals surface area contributed by atoms with Gasteiger partial charge < -0.3 is 14.2 Å². The molecule has 0 aliphatic carbocycles. The number of halogens is 2. The van der Waals surface area contributed by atoms with Gasteiger partial charge >= 0.3 is 0 Å². The lowest BCUT2D eigenvalue weighted by Crippen LogP contribution is -2.28. The summed E-state index contributed by atoms with van der Waals surface area (Å²) in [6.45, 7) is 41.1. The Labute approximate surface area is 471 Å². The van der Waals surface area contributed by atoms with Gasteiger partial charge in [-0.15, -0.1) is 23.2 Å². The second kappa shape index (κ2) is 48.4. The first-order chi connectivity index (χ1) is 34.8. The molecule has 16 atom stereocenters. The molecule has 0 heterocycles. The van der Waals surface area contributed by atoms with Gasteiger partial charge in [-0.25, -0.2) is 0 Å². The molecule has 0 aliphatic rings. The molecule has 0 aliphatic heterocycles. The Kier molecular flexibility index (Phi) is 48.7. The Bertz CT molecular complexity index is 1070. The summed E-state index contributed by atoms with van der Waals surface area (Å²) in [5.74, 6) is 12.7. The van der Waals surface area contributed by atoms with Crippen LogP contribution in [0.1, 0.15) is 316 Å². The first kappa shape index (κ1) is 73.5. The molecule has 0 radical (unpaired) electrons. The Balaban J connectivity index is 5.23. The molecule has 73 heavy (non-hydrogen) atoms. The lowest BCUT2D eigenvalue weighted by atomic mass is 9.80. The van der Waals surface area contributed by atoms with Gasteiger partial charge in [0.05, 0.1) is 0 Å². The third kappa shape index (κ3) is 46.0. The monoisotopic (exact) mass is 1070 g/mol. The summed E-state index contributed by atoms with van der Waals surface area (Å²) in [5, 5.41) is 0. The van der Waals surface area contributed by atoms with Crippen molar-refractivity contribution in [3.8, 4) is 0 Å². The van der Waals surface area contributed by atoms with Gasteiger partial charge in [-0.3, -0.25) is 0 Å². The average Bonchev–Trinajstić information content (AvgIpc) is 3.28. The second-order valence-corrected chi connectivity index (χ2v) is 28.1. The van der Waals surface area contributed by atoms with Crippen molar-refractivity contribution in [1.29, 1.82) is 0 Å². The SMILES string of the molecule is CCCCCCCOC(CCCC(C)CC(C)CC(C)CC(C)CC(C)CC(C)CC(C)CCCCl)OC(CCCC(C)CC(C)CC(C)CC(C)CC(C)CC(C)CC(C)CCCCl)OCCCCCCC. The number of rotatable bonds is 54. The standard InChI is InChI=1S/C68H136Cl2O3/c1-17-19-21-23-25-39-71-67(35-27-31-53(3)41-57(7)45-61(11)49-65(15)51-63(13)47-59(9)43-55(5)33-29-37-69)73-68(72-40-26-24-22-20-18-2)36-28-32-54(4)42-58(8)46-62(12)50-66(16)52-64(14)48-60(10)44-56(6)34-30-38-70/h53-68H,17-52H2,1-16H3. The fraction of sp³-hybridized carbons (Fsp3) is 1.00. The predicted molar refractivity (Wildman–Crippen MR) is 329 cm³/mol. The van der Waals surface area contributed by atoms with E-state index in [1.54, 1.807) is 0 Å². The summed E-state index contributed by atoms with van der Waals surface area (Å²) in [6.07, 6.45) is 40.1. The van der Waals surface area contributed by atoms with Crippen LogP contribution in [0.5, 0.6) is 0 Å². The van der Waals surface area contributed by atoms with Crippen molar-refractivity contribution in [1.82, 2.24) is 0 Å². The maximum absolute atomic E-state index is 6.92. The highest BCUT2D eigenvalue weighted by Gasteiger charge is 2.23. The fourth-order valence-electron chi connectivity index (χ4n) is 14.2. The molecule has 16 unspecified atom stereocenters. The maximum Gasteiger partial charge on any atom is 0.160 e. The van der Waals surface area contributed by atoms with E-state index in [-0.39, 0.29) is 12.6 Å². The topological polar surface area (TPSA) is 27.7 Å². The molecule has 0 aromatic rings. The predicted octanol–water partition coefficient (Wildman–Crippen LogP) is 23.6. The lowest BCUT2D eigenvalue weighted by Gasteiger charge is -2.27. The average molecular weight is 1070 g/mol. The molecule has 0 aromatic heterocycles. The van der Waals surface area contributed by atoms with Gasteiger partial charge in [-0.1, -0.05) is 175 Å². The van der Waals surface area contributed by atoms with Crippen LogP contribution in [0, 0.1) is 82.9 Å². The van der Waals surface area contributed by atoms with E-state index >= 15 is 0 Å². The Hall–Kier alpha value is 0.460. The van der Waals surface area contributed by atoms with Crippen LogP contribution in [0.4, 0.5) is 0 Å². The van der Waals surface area contributed by atoms with Crippen LogP contribution in [0.2, 0.25) is 0 Å². The highest BCUT2D eigenvalue weighted by molar-refractivity contribution is 6.18. The Morgan fingerprint density at radius 3 is 0.699 bits per heavy atom. The Morgan fingerprint density at radius 2 is 0.466 bits per heavy atom. The third-order valence-corrected chi connectivity index (χ3v) is 17.5. The molecule has 0 fully saturated rings. The zero-order valence-corrected chi connectivity index (χ0v) is 54.2. The van der Waals surface area contributed by atoms with E-state index in [4.69, 9.17) is 37.4 Å². The van der Waals surface area contributed by atoms with Crippen LogP contribution in [-0.4, -0.2) is 37.6 Å². The van der Waals surface area contributed by atoms with Crippen LogP contribution in [-0.2, 0) is 14.2 Å². The van der Waals surface area contributed by atoms with Gasteiger partial charge in [0.1, 0.15) is 0 Å². The van der Waals surface area contributed by atoms with Crippen LogP contribution >= 0.6 is 23.2 Å². The molecular weight excluding hydrogens is 936 g/mol. The minimum Gasteiger partial charge on any atom is -0.353 e. The zero-order chi connectivity index (χ0) is 54.8. The normalized spacial score (nSPS) is 19.0. The molecule has 0 amide bonds. The van der Waals surface area contributed by atoms with E-state index in [9.17, 15) is 0 Å². The van der Waals surface area contributed by atoms with E-state index in [0.29, 0.717) is 0 Å². The smallest absolute Gasteiger partial charge is 0.160 e. The third-order valence-electron chi connectivity index (χ3n) is 17.0. The summed E-state index contributed by atoms with van der Waals surface area (Å²) >= 11 is 11.9. The number of unbranched alkanes of at least 4 members (excludes halogenated alkanes) is 8. The van der Waals surface area contributed by atoms with Gasteiger partial charge in [-0.2, -0.15) is 0 Å². The van der Waals surface area contributed by atoms with E-state index < -0.39 is 0 Å². The largest absolute Gasteiger partial charge is 0.353 e. The molecule has 0 bridgehead atoms. The fourth-order valence-corrected chi connectivity index (χ4v) is 14.5. The van der Waals surface area contributed by atoms with Crippen molar-refractivity contribution in [2.75, 3.05) is 25.0 Å². The van der Waals surface area contributed by atoms with Gasteiger partial charge in [0.25, 0.3) is 0 Å². The van der Waals surface area contributed by atoms with Crippen molar-refractivity contribution in [3.05, 3.63) is 0 Å². The quantitative estimate of drug-likeness (QED) is 0.0345. The number of hydrogen-bond donors (Lipinski definition) is 0. The highest BCUT2D eigenvalue weighted by Crippen LogP contribution is 2.33. The van der Waals surface area contributed by atoms with E-state index in [0.717, 1.165) is 159 Å². The van der Waals surface area contributed by atoms with Gasteiger partial charge in [0, 0.05) is 25.0 Å². The number of alkyl halides is 2. The molecule has 0 spiro atoms. The molecule has 0 saturated carbocycles. The van der Waals surface area contributed by atoms with E-state index in [1.807, 2.05) is 0 Å². The van der Waals surface area contributed by atoms with Crippen molar-refractivity contribution in [2.24, 2.45) is 82.9 Å². The molecule has 3 nitrogen and oxygen atoms in total. The lowest BCUT2D eigenvalue weighted by molar-refractivity contribution is -0.250. The summed E-state index contributed by atoms with van der Waals surface area (Å²) in [6, 6.07) is 0. The van der Waals surface area contributed by atoms with Crippen LogP contribution in [0.25, 0.3) is 0 Å². The number of ether oxygens (including phenoxy) is 3. The van der Waals surface area contributed by atoms with E-state index in [1.165, 1.54) is 154 Å². The second-order valence-electron chi connectivity index (χ2n) is 27.4. The van der Waals surface area contributed by atoms with Gasteiger partial charge in [-0.05, 0) is 224 Å². The summed E-state index contributed by atoms with van der Waals surface area (Å²) in [5.41, 5.74) is 0. The summed E-state index contributed by atoms with van der Waals surface area (Å²) < 4.78 is 20.2. The first-order valence-corrected chi connectivity index (χ1v) is 33.9.